The Kier molecular flexibility index (Phi) is 4.14. The fourth-order valence-electron chi connectivity index (χ4n) is 1.99. The van der Waals surface area contributed by atoms with E-state index in [1.54, 1.807) is 24.3 Å². The smallest absolute Gasteiger partial charge is 0.127 e. The van der Waals surface area contributed by atoms with Crippen LogP contribution in [0.25, 0.3) is 0 Å². The molecule has 0 aliphatic carbocycles. The van der Waals surface area contributed by atoms with Crippen LogP contribution in [0.5, 0.6) is 0 Å². The van der Waals surface area contributed by atoms with Crippen LogP contribution in [0.4, 0.5) is 4.39 Å². The van der Waals surface area contributed by atoms with Gasteiger partial charge in [0.2, 0.25) is 0 Å². The van der Waals surface area contributed by atoms with E-state index in [1.165, 1.54) is 6.07 Å². The average molecular weight is 298 g/mol. The Balaban J connectivity index is 2.27. The molecule has 0 fully saturated rings. The van der Waals surface area contributed by atoms with Crippen molar-refractivity contribution in [2.24, 2.45) is 5.73 Å². The van der Waals surface area contributed by atoms with Crippen LogP contribution in [0.15, 0.2) is 42.5 Å². The van der Waals surface area contributed by atoms with Gasteiger partial charge in [-0.1, -0.05) is 41.4 Å². The lowest BCUT2D eigenvalue weighted by molar-refractivity contribution is 0.475. The van der Waals surface area contributed by atoms with Crippen LogP contribution in [0.2, 0.25) is 10.0 Å². The summed E-state index contributed by atoms with van der Waals surface area (Å²) in [6.45, 7) is 1.87. The summed E-state index contributed by atoms with van der Waals surface area (Å²) in [6.07, 6.45) is 0.387. The molecule has 0 amide bonds. The summed E-state index contributed by atoms with van der Waals surface area (Å²) in [4.78, 5) is 0. The second-order valence-electron chi connectivity index (χ2n) is 4.84. The largest absolute Gasteiger partial charge is 0.321 e. The molecule has 0 saturated heterocycles. The molecule has 0 heterocycles. The Morgan fingerprint density at radius 1 is 1.05 bits per heavy atom. The second-order valence-corrected chi connectivity index (χ2v) is 5.71. The Bertz CT molecular complexity index is 579. The van der Waals surface area contributed by atoms with Crippen molar-refractivity contribution in [3.63, 3.8) is 0 Å². The lowest BCUT2D eigenvalue weighted by Gasteiger charge is -2.25. The molecular formula is C15H14Cl2FN. The molecule has 0 aliphatic rings. The highest BCUT2D eigenvalue weighted by Gasteiger charge is 2.23. The minimum Gasteiger partial charge on any atom is -0.321 e. The van der Waals surface area contributed by atoms with Crippen LogP contribution >= 0.6 is 23.2 Å². The van der Waals surface area contributed by atoms with Gasteiger partial charge in [0.1, 0.15) is 5.82 Å². The molecule has 0 saturated carbocycles. The number of nitrogens with two attached hydrogens (primary N) is 1. The normalized spacial score (nSPS) is 14.2. The lowest BCUT2D eigenvalue weighted by atomic mass is 9.86. The Morgan fingerprint density at radius 2 is 1.63 bits per heavy atom. The van der Waals surface area contributed by atoms with Gasteiger partial charge in [-0.2, -0.15) is 0 Å². The van der Waals surface area contributed by atoms with E-state index in [0.29, 0.717) is 22.0 Å². The Labute approximate surface area is 122 Å². The monoisotopic (exact) mass is 297 g/mol. The first-order valence-electron chi connectivity index (χ1n) is 5.87. The van der Waals surface area contributed by atoms with Gasteiger partial charge in [0.15, 0.2) is 0 Å². The maximum Gasteiger partial charge on any atom is 0.127 e. The van der Waals surface area contributed by atoms with Crippen molar-refractivity contribution < 1.29 is 4.39 Å². The van der Waals surface area contributed by atoms with Crippen molar-refractivity contribution in [3.8, 4) is 0 Å². The molecule has 100 valence electrons. The summed E-state index contributed by atoms with van der Waals surface area (Å²) in [5.74, 6) is -0.335. The second kappa shape index (κ2) is 5.49. The minimum atomic E-state index is -0.667. The highest BCUT2D eigenvalue weighted by Crippen LogP contribution is 2.26. The van der Waals surface area contributed by atoms with Crippen molar-refractivity contribution in [1.29, 1.82) is 0 Å². The van der Waals surface area contributed by atoms with Crippen LogP contribution < -0.4 is 5.73 Å². The number of halogens is 3. The van der Waals surface area contributed by atoms with Crippen molar-refractivity contribution in [1.82, 2.24) is 0 Å². The average Bonchev–Trinajstić information content (AvgIpc) is 2.33. The van der Waals surface area contributed by atoms with Crippen LogP contribution in [0.3, 0.4) is 0 Å². The van der Waals surface area contributed by atoms with Gasteiger partial charge < -0.3 is 5.73 Å². The van der Waals surface area contributed by atoms with Gasteiger partial charge in [-0.25, -0.2) is 4.39 Å². The molecule has 1 nitrogen and oxygen atoms in total. The van der Waals surface area contributed by atoms with Gasteiger partial charge >= 0.3 is 0 Å². The zero-order valence-corrected chi connectivity index (χ0v) is 12.0. The van der Waals surface area contributed by atoms with Crippen LogP contribution in [0, 0.1) is 5.82 Å². The summed E-state index contributed by atoms with van der Waals surface area (Å²) < 4.78 is 13.8. The zero-order valence-electron chi connectivity index (χ0n) is 10.5. The molecule has 0 aromatic heterocycles. The maximum atomic E-state index is 13.8. The number of hydrogen-bond acceptors (Lipinski definition) is 1. The number of hydrogen-bond donors (Lipinski definition) is 1. The lowest BCUT2D eigenvalue weighted by Crippen LogP contribution is -2.35. The van der Waals surface area contributed by atoms with E-state index in [0.717, 1.165) is 5.56 Å². The molecule has 0 bridgehead atoms. The molecule has 1 unspecified atom stereocenters. The van der Waals surface area contributed by atoms with Crippen LogP contribution in [-0.4, -0.2) is 0 Å². The first kappa shape index (κ1) is 14.3. The molecule has 0 aliphatic heterocycles. The molecule has 2 N–H and O–H groups in total. The summed E-state index contributed by atoms with van der Waals surface area (Å²) in [6, 6.07) is 11.9. The topological polar surface area (TPSA) is 26.0 Å². The predicted octanol–water partition coefficient (Wildman–Crippen LogP) is 4.55. The molecule has 0 radical (unpaired) electrons. The van der Waals surface area contributed by atoms with Crippen LogP contribution in [0.1, 0.15) is 18.1 Å². The standard InChI is InChI=1S/C15H14Cl2FN/c1-15(19,11-3-6-12(16)7-4-11)9-10-2-5-13(17)8-14(10)18/h2-8H,9,19H2,1H3. The molecule has 1 atom stereocenters. The third kappa shape index (κ3) is 3.47. The predicted molar refractivity (Wildman–Crippen MR) is 78.1 cm³/mol. The van der Waals surface area contributed by atoms with E-state index in [4.69, 9.17) is 28.9 Å². The molecule has 19 heavy (non-hydrogen) atoms. The van der Waals surface area contributed by atoms with E-state index >= 15 is 0 Å². The fraction of sp³-hybridized carbons (Fsp3) is 0.200. The van der Waals surface area contributed by atoms with Crippen molar-refractivity contribution in [2.45, 2.75) is 18.9 Å². The molecule has 2 rings (SSSR count). The van der Waals surface area contributed by atoms with E-state index in [9.17, 15) is 4.39 Å². The minimum absolute atomic E-state index is 0.335. The highest BCUT2D eigenvalue weighted by atomic mass is 35.5. The molecule has 2 aromatic rings. The Morgan fingerprint density at radius 3 is 2.21 bits per heavy atom. The van der Waals surface area contributed by atoms with E-state index < -0.39 is 5.54 Å². The summed E-state index contributed by atoms with van der Waals surface area (Å²) in [5.41, 5.74) is 7.07. The fourth-order valence-corrected chi connectivity index (χ4v) is 2.28. The van der Waals surface area contributed by atoms with Crippen molar-refractivity contribution >= 4 is 23.2 Å². The number of rotatable bonds is 3. The van der Waals surface area contributed by atoms with Gasteiger partial charge in [-0.3, -0.25) is 0 Å². The summed E-state index contributed by atoms with van der Waals surface area (Å²) in [5, 5.41) is 1.03. The highest BCUT2D eigenvalue weighted by molar-refractivity contribution is 6.30. The van der Waals surface area contributed by atoms with Gasteiger partial charge in [-0.05, 0) is 48.7 Å². The first-order chi connectivity index (χ1) is 8.88. The SMILES string of the molecule is CC(N)(Cc1ccc(Cl)cc1F)c1ccc(Cl)cc1. The number of benzene rings is 2. The molecule has 4 heteroatoms. The molecule has 0 spiro atoms. The van der Waals surface area contributed by atoms with Gasteiger partial charge in [0, 0.05) is 15.6 Å². The van der Waals surface area contributed by atoms with Gasteiger partial charge in [0.25, 0.3) is 0 Å². The van der Waals surface area contributed by atoms with E-state index in [-0.39, 0.29) is 5.82 Å². The van der Waals surface area contributed by atoms with Crippen molar-refractivity contribution in [3.05, 3.63) is 69.5 Å². The van der Waals surface area contributed by atoms with Gasteiger partial charge in [0.05, 0.1) is 0 Å². The maximum absolute atomic E-state index is 13.8. The summed E-state index contributed by atoms with van der Waals surface area (Å²) in [7, 11) is 0. The zero-order chi connectivity index (χ0) is 14.0. The molecular weight excluding hydrogens is 284 g/mol. The third-order valence-electron chi connectivity index (χ3n) is 3.08. The van der Waals surface area contributed by atoms with Crippen LogP contribution in [-0.2, 0) is 12.0 Å². The first-order valence-corrected chi connectivity index (χ1v) is 6.63. The Hall–Kier alpha value is -1.09. The quantitative estimate of drug-likeness (QED) is 0.884. The van der Waals surface area contributed by atoms with Crippen molar-refractivity contribution in [2.75, 3.05) is 0 Å². The van der Waals surface area contributed by atoms with E-state index in [1.807, 2.05) is 19.1 Å². The third-order valence-corrected chi connectivity index (χ3v) is 3.56. The van der Waals surface area contributed by atoms with Gasteiger partial charge in [-0.15, -0.1) is 0 Å². The summed E-state index contributed by atoms with van der Waals surface area (Å²) >= 11 is 11.6. The van der Waals surface area contributed by atoms with E-state index in [2.05, 4.69) is 0 Å². The molecule has 2 aromatic carbocycles.